The third kappa shape index (κ3) is 8.70. The lowest BCUT2D eigenvalue weighted by Gasteiger charge is -2.13. The van der Waals surface area contributed by atoms with E-state index in [1.165, 1.54) is 43.6 Å². The minimum absolute atomic E-state index is 0.526. The fourth-order valence-electron chi connectivity index (χ4n) is 14.4. The number of hydrogen-bond donors (Lipinski definition) is 0. The Labute approximate surface area is 540 Å². The van der Waals surface area contributed by atoms with Crippen LogP contribution in [0.5, 0.6) is 0 Å². The van der Waals surface area contributed by atoms with E-state index in [2.05, 4.69) is 300 Å². The van der Waals surface area contributed by atoms with Gasteiger partial charge in [0.2, 0.25) is 0 Å². The van der Waals surface area contributed by atoms with E-state index in [0.29, 0.717) is 17.5 Å². The van der Waals surface area contributed by atoms with Crippen molar-refractivity contribution in [3.05, 3.63) is 322 Å². The van der Waals surface area contributed by atoms with Gasteiger partial charge in [-0.3, -0.25) is 0 Å². The Balaban J connectivity index is 0.735. The average Bonchev–Trinajstić information content (AvgIpc) is 1.61. The summed E-state index contributed by atoms with van der Waals surface area (Å²) in [6.45, 7) is 0. The predicted molar refractivity (Wildman–Crippen MR) is 387 cm³/mol. The van der Waals surface area contributed by atoms with Gasteiger partial charge in [-0.25, -0.2) is 15.0 Å². The summed E-state index contributed by atoms with van der Waals surface area (Å²) in [6.07, 6.45) is 0. The van der Waals surface area contributed by atoms with Crippen LogP contribution in [0.25, 0.3) is 189 Å². The highest BCUT2D eigenvalue weighted by molar-refractivity contribution is 6.16. The van der Waals surface area contributed by atoms with E-state index in [0.717, 1.165) is 128 Å². The highest BCUT2D eigenvalue weighted by Gasteiger charge is 2.24. The van der Waals surface area contributed by atoms with Crippen molar-refractivity contribution < 1.29 is 8.83 Å². The molecule has 0 aliphatic carbocycles. The maximum absolute atomic E-state index is 6.75. The molecule has 5 heterocycles. The van der Waals surface area contributed by atoms with Crippen molar-refractivity contribution in [1.82, 2.24) is 24.1 Å². The number of para-hydroxylation sites is 4. The van der Waals surface area contributed by atoms with Gasteiger partial charge in [0.1, 0.15) is 22.3 Å². The topological polar surface area (TPSA) is 74.8 Å². The summed E-state index contributed by atoms with van der Waals surface area (Å²) in [4.78, 5) is 16.5. The molecular weight excluding hydrogens is 1150 g/mol. The van der Waals surface area contributed by atoms with Gasteiger partial charge < -0.3 is 18.0 Å². The number of rotatable bonds is 10. The van der Waals surface area contributed by atoms with E-state index < -0.39 is 0 Å². The van der Waals surface area contributed by atoms with E-state index >= 15 is 0 Å². The van der Waals surface area contributed by atoms with Crippen LogP contribution in [0.15, 0.2) is 330 Å². The van der Waals surface area contributed by atoms with Crippen LogP contribution >= 0.6 is 0 Å². The van der Waals surface area contributed by atoms with Crippen molar-refractivity contribution in [3.63, 3.8) is 0 Å². The van der Waals surface area contributed by atoms with Crippen LogP contribution in [-0.2, 0) is 0 Å². The molecule has 0 saturated carbocycles. The van der Waals surface area contributed by atoms with Crippen molar-refractivity contribution in [2.24, 2.45) is 0 Å². The lowest BCUT2D eigenvalue weighted by molar-refractivity contribution is 0.668. The van der Waals surface area contributed by atoms with Gasteiger partial charge in [0.15, 0.2) is 17.5 Å². The highest BCUT2D eigenvalue weighted by Crippen LogP contribution is 2.44. The summed E-state index contributed by atoms with van der Waals surface area (Å²) >= 11 is 0. The van der Waals surface area contributed by atoms with Crippen molar-refractivity contribution in [2.75, 3.05) is 0 Å². The maximum atomic E-state index is 6.75. The monoisotopic (exact) mass is 1200 g/mol. The third-order valence-corrected chi connectivity index (χ3v) is 18.8. The summed E-state index contributed by atoms with van der Waals surface area (Å²) < 4.78 is 18.2. The normalized spacial score (nSPS) is 11.8. The van der Waals surface area contributed by atoms with Gasteiger partial charge >= 0.3 is 0 Å². The summed E-state index contributed by atoms with van der Waals surface area (Å²) in [6, 6.07) is 114. The average molecular weight is 1200 g/mol. The smallest absolute Gasteiger partial charge is 0.164 e. The Hall–Kier alpha value is -12.7. The first-order valence-electron chi connectivity index (χ1n) is 31.8. The first-order chi connectivity index (χ1) is 46.6. The number of nitrogens with zero attached hydrogens (tertiary/aromatic N) is 5. The molecule has 0 atom stereocenters. The second kappa shape index (κ2) is 21.5. The molecule has 19 aromatic rings. The van der Waals surface area contributed by atoms with Gasteiger partial charge in [-0.15, -0.1) is 0 Å². The number of hydrogen-bond acceptors (Lipinski definition) is 5. The van der Waals surface area contributed by atoms with Crippen LogP contribution in [0, 0.1) is 0 Å². The van der Waals surface area contributed by atoms with Gasteiger partial charge in [-0.05, 0) is 165 Å². The summed E-state index contributed by atoms with van der Waals surface area (Å²) in [5.74, 6) is 1.60. The molecule has 0 aliphatic rings. The van der Waals surface area contributed by atoms with Crippen LogP contribution in [0.4, 0.5) is 0 Å². The molecule has 19 rings (SSSR count). The van der Waals surface area contributed by atoms with E-state index in [1.807, 2.05) is 30.3 Å². The molecule has 438 valence electrons. The summed E-state index contributed by atoms with van der Waals surface area (Å²) in [5.41, 5.74) is 23.6. The van der Waals surface area contributed by atoms with Crippen molar-refractivity contribution in [2.45, 2.75) is 0 Å². The maximum Gasteiger partial charge on any atom is 0.164 e. The quantitative estimate of drug-likeness (QED) is 0.136. The Morgan fingerprint density at radius 3 is 1.00 bits per heavy atom. The zero-order valence-electron chi connectivity index (χ0n) is 50.7. The lowest BCUT2D eigenvalue weighted by atomic mass is 9.96. The van der Waals surface area contributed by atoms with Crippen LogP contribution in [0.1, 0.15) is 0 Å². The van der Waals surface area contributed by atoms with Gasteiger partial charge in [-0.2, -0.15) is 0 Å². The molecule has 0 saturated heterocycles. The van der Waals surface area contributed by atoms with Gasteiger partial charge in [0.25, 0.3) is 0 Å². The number of fused-ring (bicyclic) bond motifs is 12. The molecule has 0 spiro atoms. The standard InChI is InChI=1S/C87H53N5O2/c1-4-20-54(21-5-1)65-30-10-11-33-68(65)85-88-86(69-34-18-38-81-83(69)73-52-61(42-46-79(73)93-81)57-24-16-22-55(48-57)59-40-44-77-71(50-59)66-31-12-14-36-75(66)91(77)63-26-6-2-7-27-63)90-87(89-85)70-35-19-39-82-84(70)74-53-62(43-47-80(74)94-82)58-25-17-23-56(49-58)60-41-45-78-72(51-60)67-32-13-15-37-76(67)92(78)64-28-8-3-9-29-64/h1-53H. The third-order valence-electron chi connectivity index (χ3n) is 18.8. The molecular formula is C87H53N5O2. The van der Waals surface area contributed by atoms with E-state index in [4.69, 9.17) is 23.8 Å². The molecule has 0 amide bonds. The van der Waals surface area contributed by atoms with Gasteiger partial charge in [0.05, 0.1) is 22.1 Å². The fourth-order valence-corrected chi connectivity index (χ4v) is 14.4. The molecule has 14 aromatic carbocycles. The molecule has 7 nitrogen and oxygen atoms in total. The Morgan fingerprint density at radius 1 is 0.202 bits per heavy atom. The second-order valence-corrected chi connectivity index (χ2v) is 24.2. The second-order valence-electron chi connectivity index (χ2n) is 24.2. The predicted octanol–water partition coefficient (Wildman–Crippen LogP) is 23.2. The molecule has 0 aliphatic heterocycles. The molecule has 0 radical (unpaired) electrons. The minimum Gasteiger partial charge on any atom is -0.456 e. The van der Waals surface area contributed by atoms with Crippen LogP contribution in [0.3, 0.4) is 0 Å². The first-order valence-corrected chi connectivity index (χ1v) is 31.8. The zero-order valence-corrected chi connectivity index (χ0v) is 50.7. The van der Waals surface area contributed by atoms with E-state index in [9.17, 15) is 0 Å². The Kier molecular flexibility index (Phi) is 12.1. The summed E-state index contributed by atoms with van der Waals surface area (Å²) in [7, 11) is 0. The molecule has 0 bridgehead atoms. The van der Waals surface area contributed by atoms with Crippen molar-refractivity contribution >= 4 is 87.5 Å². The van der Waals surface area contributed by atoms with Gasteiger partial charge in [0, 0.05) is 71.2 Å². The minimum atomic E-state index is 0.526. The number of furan rings is 2. The number of benzene rings is 14. The lowest BCUT2D eigenvalue weighted by Crippen LogP contribution is -2.01. The molecule has 0 fully saturated rings. The molecule has 7 heteroatoms. The fraction of sp³-hybridized carbons (Fsp3) is 0. The van der Waals surface area contributed by atoms with Gasteiger partial charge in [-0.1, -0.05) is 212 Å². The van der Waals surface area contributed by atoms with Crippen molar-refractivity contribution in [1.29, 1.82) is 0 Å². The van der Waals surface area contributed by atoms with Crippen LogP contribution in [-0.4, -0.2) is 24.1 Å². The SMILES string of the molecule is c1ccc(-c2ccccc2-c2nc(-c3cccc4oc5ccc(-c6cccc(-c7ccc8c(c7)c7ccccc7n8-c7ccccc7)c6)cc5c34)nc(-c3cccc4oc5ccc(-c6cccc(-c7ccc8c(c7)c7ccccc7n8-c7ccccc7)c6)cc5c34)n2)cc1. The van der Waals surface area contributed by atoms with E-state index in [1.54, 1.807) is 0 Å². The Morgan fingerprint density at radius 2 is 0.532 bits per heavy atom. The zero-order chi connectivity index (χ0) is 61.8. The van der Waals surface area contributed by atoms with Crippen molar-refractivity contribution in [3.8, 4) is 101 Å². The summed E-state index contributed by atoms with van der Waals surface area (Å²) in [5, 5.41) is 8.65. The molecule has 5 aromatic heterocycles. The first kappa shape index (κ1) is 53.2. The Bertz CT molecular complexity index is 5900. The molecule has 0 N–H and O–H groups in total. The van der Waals surface area contributed by atoms with Crippen LogP contribution in [0.2, 0.25) is 0 Å². The van der Waals surface area contributed by atoms with Crippen LogP contribution < -0.4 is 0 Å². The number of aromatic nitrogens is 5. The molecule has 0 unspecified atom stereocenters. The van der Waals surface area contributed by atoms with E-state index in [-0.39, 0.29) is 0 Å². The highest BCUT2D eigenvalue weighted by atomic mass is 16.3. The molecule has 94 heavy (non-hydrogen) atoms. The largest absolute Gasteiger partial charge is 0.456 e.